The summed E-state index contributed by atoms with van der Waals surface area (Å²) in [5.41, 5.74) is 1.92. The number of hydrogen-bond donors (Lipinski definition) is 1. The summed E-state index contributed by atoms with van der Waals surface area (Å²) >= 11 is 0. The summed E-state index contributed by atoms with van der Waals surface area (Å²) in [7, 11) is -2.00. The molecular formula is C19H24N2O4S. The number of carbonyl (C=O) groups is 1. The normalized spacial score (nSPS) is 11.4. The van der Waals surface area contributed by atoms with Crippen LogP contribution in [-0.2, 0) is 10.0 Å². The zero-order valence-electron chi connectivity index (χ0n) is 15.4. The number of sulfonamides is 1. The quantitative estimate of drug-likeness (QED) is 0.805. The van der Waals surface area contributed by atoms with Crippen molar-refractivity contribution in [1.29, 1.82) is 0 Å². The Hall–Kier alpha value is -2.38. The third-order valence-electron chi connectivity index (χ3n) is 4.06. The van der Waals surface area contributed by atoms with Gasteiger partial charge in [0.25, 0.3) is 5.91 Å². The first-order valence-electron chi connectivity index (χ1n) is 8.39. The van der Waals surface area contributed by atoms with Crippen molar-refractivity contribution in [3.63, 3.8) is 0 Å². The molecule has 0 saturated heterocycles. The molecule has 0 fully saturated rings. The van der Waals surface area contributed by atoms with Crippen LogP contribution in [0.1, 0.15) is 29.8 Å². The van der Waals surface area contributed by atoms with Gasteiger partial charge in [-0.2, -0.15) is 4.31 Å². The van der Waals surface area contributed by atoms with Gasteiger partial charge in [0.2, 0.25) is 10.0 Å². The Kier molecular flexibility index (Phi) is 6.39. The Morgan fingerprint density at radius 1 is 1.08 bits per heavy atom. The second-order valence-electron chi connectivity index (χ2n) is 5.77. The number of ether oxygens (including phenoxy) is 1. The number of aryl methyl sites for hydroxylation is 1. The molecule has 0 aromatic heterocycles. The maximum Gasteiger partial charge on any atom is 0.255 e. The number of hydrogen-bond acceptors (Lipinski definition) is 4. The van der Waals surface area contributed by atoms with Crippen molar-refractivity contribution in [2.75, 3.05) is 25.5 Å². The molecule has 140 valence electrons. The van der Waals surface area contributed by atoms with Gasteiger partial charge in [-0.25, -0.2) is 8.42 Å². The lowest BCUT2D eigenvalue weighted by molar-refractivity contribution is 0.102. The van der Waals surface area contributed by atoms with Crippen LogP contribution < -0.4 is 10.1 Å². The standard InChI is InChI=1S/C19H24N2O4S/c1-5-21(6-2)26(23,24)16-10-8-15(9-11-16)19(22)20-17-13-14(3)7-12-18(17)25-4/h7-13H,5-6H2,1-4H3,(H,20,22). The lowest BCUT2D eigenvalue weighted by Crippen LogP contribution is -2.30. The average molecular weight is 376 g/mol. The number of rotatable bonds is 7. The molecule has 0 aliphatic heterocycles. The molecular weight excluding hydrogens is 352 g/mol. The molecule has 0 aliphatic carbocycles. The molecule has 0 saturated carbocycles. The van der Waals surface area contributed by atoms with Crippen LogP contribution in [-0.4, -0.2) is 38.8 Å². The minimum atomic E-state index is -3.54. The van der Waals surface area contributed by atoms with Gasteiger partial charge in [-0.1, -0.05) is 19.9 Å². The van der Waals surface area contributed by atoms with Crippen molar-refractivity contribution in [1.82, 2.24) is 4.31 Å². The van der Waals surface area contributed by atoms with Gasteiger partial charge in [0.05, 0.1) is 17.7 Å². The lowest BCUT2D eigenvalue weighted by atomic mass is 10.1. The Bertz CT molecular complexity index is 873. The van der Waals surface area contributed by atoms with E-state index < -0.39 is 10.0 Å². The Morgan fingerprint density at radius 3 is 2.23 bits per heavy atom. The van der Waals surface area contributed by atoms with Crippen molar-refractivity contribution < 1.29 is 17.9 Å². The van der Waals surface area contributed by atoms with E-state index in [-0.39, 0.29) is 10.8 Å². The van der Waals surface area contributed by atoms with Gasteiger partial charge in [0.15, 0.2) is 0 Å². The largest absolute Gasteiger partial charge is 0.495 e. The van der Waals surface area contributed by atoms with Gasteiger partial charge in [0.1, 0.15) is 5.75 Å². The van der Waals surface area contributed by atoms with E-state index in [2.05, 4.69) is 5.32 Å². The van der Waals surface area contributed by atoms with Gasteiger partial charge in [-0.15, -0.1) is 0 Å². The summed E-state index contributed by atoms with van der Waals surface area (Å²) in [6.07, 6.45) is 0. The summed E-state index contributed by atoms with van der Waals surface area (Å²) in [5, 5.41) is 2.80. The number of benzene rings is 2. The van der Waals surface area contributed by atoms with Crippen LogP contribution in [0.4, 0.5) is 5.69 Å². The molecule has 0 heterocycles. The Labute approximate surface area is 154 Å². The average Bonchev–Trinajstić information content (AvgIpc) is 2.63. The van der Waals surface area contributed by atoms with Crippen LogP contribution in [0.3, 0.4) is 0 Å². The van der Waals surface area contributed by atoms with E-state index >= 15 is 0 Å². The molecule has 6 nitrogen and oxygen atoms in total. The smallest absolute Gasteiger partial charge is 0.255 e. The predicted molar refractivity (Wildman–Crippen MR) is 102 cm³/mol. The molecule has 26 heavy (non-hydrogen) atoms. The van der Waals surface area contributed by atoms with Crippen molar-refractivity contribution >= 4 is 21.6 Å². The molecule has 0 spiro atoms. The Balaban J connectivity index is 2.23. The molecule has 0 aliphatic rings. The predicted octanol–water partition coefficient (Wildman–Crippen LogP) is 3.29. The molecule has 0 radical (unpaired) electrons. The number of carbonyl (C=O) groups excluding carboxylic acids is 1. The number of amides is 1. The monoisotopic (exact) mass is 376 g/mol. The van der Waals surface area contributed by atoms with Gasteiger partial charge in [0, 0.05) is 18.7 Å². The minimum Gasteiger partial charge on any atom is -0.495 e. The van der Waals surface area contributed by atoms with Gasteiger partial charge >= 0.3 is 0 Å². The van der Waals surface area contributed by atoms with Crippen LogP contribution in [0.15, 0.2) is 47.4 Å². The molecule has 0 bridgehead atoms. The van der Waals surface area contributed by atoms with Gasteiger partial charge in [-0.3, -0.25) is 4.79 Å². The van der Waals surface area contributed by atoms with E-state index in [1.54, 1.807) is 19.9 Å². The second-order valence-corrected chi connectivity index (χ2v) is 7.71. The first-order valence-corrected chi connectivity index (χ1v) is 9.83. The fraction of sp³-hybridized carbons (Fsp3) is 0.316. The fourth-order valence-corrected chi connectivity index (χ4v) is 4.06. The van der Waals surface area contributed by atoms with Gasteiger partial charge < -0.3 is 10.1 Å². The number of nitrogens with one attached hydrogen (secondary N) is 1. The maximum absolute atomic E-state index is 12.5. The number of nitrogens with zero attached hydrogens (tertiary/aromatic N) is 1. The van der Waals surface area contributed by atoms with Crippen molar-refractivity contribution in [2.24, 2.45) is 0 Å². The lowest BCUT2D eigenvalue weighted by Gasteiger charge is -2.18. The highest BCUT2D eigenvalue weighted by Crippen LogP contribution is 2.26. The zero-order valence-corrected chi connectivity index (χ0v) is 16.3. The van der Waals surface area contributed by atoms with Crippen LogP contribution in [0.5, 0.6) is 5.75 Å². The molecule has 2 rings (SSSR count). The van der Waals surface area contributed by atoms with E-state index in [4.69, 9.17) is 4.74 Å². The number of anilines is 1. The topological polar surface area (TPSA) is 75.7 Å². The summed E-state index contributed by atoms with van der Waals surface area (Å²) in [6, 6.07) is 11.4. The molecule has 2 aromatic rings. The van der Waals surface area contributed by atoms with E-state index in [0.29, 0.717) is 30.1 Å². The van der Waals surface area contributed by atoms with Crippen molar-refractivity contribution in [2.45, 2.75) is 25.7 Å². The Morgan fingerprint density at radius 2 is 1.69 bits per heavy atom. The molecule has 1 amide bonds. The molecule has 1 N–H and O–H groups in total. The van der Waals surface area contributed by atoms with Crippen LogP contribution in [0.2, 0.25) is 0 Å². The highest BCUT2D eigenvalue weighted by atomic mass is 32.2. The molecule has 7 heteroatoms. The number of methoxy groups -OCH3 is 1. The first kappa shape index (κ1) is 19.9. The van der Waals surface area contributed by atoms with E-state index in [9.17, 15) is 13.2 Å². The fourth-order valence-electron chi connectivity index (χ4n) is 2.60. The van der Waals surface area contributed by atoms with Gasteiger partial charge in [-0.05, 0) is 48.9 Å². The summed E-state index contributed by atoms with van der Waals surface area (Å²) in [4.78, 5) is 12.6. The summed E-state index contributed by atoms with van der Waals surface area (Å²) in [5.74, 6) is 0.227. The SMILES string of the molecule is CCN(CC)S(=O)(=O)c1ccc(C(=O)Nc2cc(C)ccc2OC)cc1. The zero-order chi connectivity index (χ0) is 19.3. The molecule has 0 atom stereocenters. The highest BCUT2D eigenvalue weighted by molar-refractivity contribution is 7.89. The summed E-state index contributed by atoms with van der Waals surface area (Å²) in [6.45, 7) is 6.29. The third kappa shape index (κ3) is 4.23. The first-order chi connectivity index (χ1) is 12.3. The maximum atomic E-state index is 12.5. The van der Waals surface area contributed by atoms with E-state index in [0.717, 1.165) is 5.56 Å². The van der Waals surface area contributed by atoms with Crippen LogP contribution >= 0.6 is 0 Å². The van der Waals surface area contributed by atoms with E-state index in [1.165, 1.54) is 35.7 Å². The second kappa shape index (κ2) is 8.33. The molecule has 2 aromatic carbocycles. The van der Waals surface area contributed by atoms with Crippen LogP contribution in [0, 0.1) is 6.92 Å². The minimum absolute atomic E-state index is 0.172. The van der Waals surface area contributed by atoms with Crippen molar-refractivity contribution in [3.05, 3.63) is 53.6 Å². The third-order valence-corrected chi connectivity index (χ3v) is 6.13. The van der Waals surface area contributed by atoms with E-state index in [1.807, 2.05) is 19.1 Å². The van der Waals surface area contributed by atoms with Crippen LogP contribution in [0.25, 0.3) is 0 Å². The molecule has 0 unspecified atom stereocenters. The summed E-state index contributed by atoms with van der Waals surface area (Å²) < 4.78 is 31.6. The van der Waals surface area contributed by atoms with Crippen molar-refractivity contribution in [3.8, 4) is 5.75 Å². The highest BCUT2D eigenvalue weighted by Gasteiger charge is 2.21.